The fourth-order valence-electron chi connectivity index (χ4n) is 3.09. The normalized spacial score (nSPS) is 11.3. The number of amides is 1. The van der Waals surface area contributed by atoms with E-state index >= 15 is 0 Å². The number of nitrogens with one attached hydrogen (secondary N) is 1. The lowest BCUT2D eigenvalue weighted by Crippen LogP contribution is -2.23. The summed E-state index contributed by atoms with van der Waals surface area (Å²) in [7, 11) is 0. The highest BCUT2D eigenvalue weighted by atomic mass is 16.5. The third kappa shape index (κ3) is 5.92. The van der Waals surface area contributed by atoms with Gasteiger partial charge in [0.1, 0.15) is 17.4 Å². The number of pyridine rings is 1. The number of rotatable bonds is 8. The maximum absolute atomic E-state index is 12.2. The maximum Gasteiger partial charge on any atom is 0.220 e. The molecule has 0 fully saturated rings. The Kier molecular flexibility index (Phi) is 6.87. The van der Waals surface area contributed by atoms with Crippen LogP contribution in [-0.4, -0.2) is 27.0 Å². The van der Waals surface area contributed by atoms with E-state index < -0.39 is 0 Å². The van der Waals surface area contributed by atoms with Gasteiger partial charge in [0.25, 0.3) is 0 Å². The minimum Gasteiger partial charge on any atom is -0.494 e. The van der Waals surface area contributed by atoms with Crippen LogP contribution in [-0.2, 0) is 16.8 Å². The Morgan fingerprint density at radius 2 is 1.87 bits per heavy atom. The van der Waals surface area contributed by atoms with E-state index in [1.807, 2.05) is 42.0 Å². The molecule has 2 heterocycles. The first-order valence-electron chi connectivity index (χ1n) is 10.3. The molecule has 3 aromatic rings. The number of nitrogens with zero attached hydrogens (tertiary/aromatic N) is 3. The Hall–Kier alpha value is -3.15. The molecule has 0 unspecified atom stereocenters. The maximum atomic E-state index is 12.2. The summed E-state index contributed by atoms with van der Waals surface area (Å²) in [6.07, 6.45) is 6.46. The van der Waals surface area contributed by atoms with E-state index in [0.717, 1.165) is 23.0 Å². The molecule has 30 heavy (non-hydrogen) atoms. The molecule has 0 aliphatic heterocycles. The van der Waals surface area contributed by atoms with E-state index in [9.17, 15) is 4.79 Å². The van der Waals surface area contributed by atoms with Gasteiger partial charge in [0.05, 0.1) is 6.61 Å². The molecule has 2 aromatic heterocycles. The molecule has 158 valence electrons. The van der Waals surface area contributed by atoms with Crippen molar-refractivity contribution in [3.63, 3.8) is 0 Å². The minimum atomic E-state index is 0.0128. The van der Waals surface area contributed by atoms with Crippen molar-refractivity contribution in [2.45, 2.75) is 52.5 Å². The predicted molar refractivity (Wildman–Crippen MR) is 118 cm³/mol. The van der Waals surface area contributed by atoms with Crippen molar-refractivity contribution in [1.82, 2.24) is 19.9 Å². The van der Waals surface area contributed by atoms with Crippen LogP contribution in [0.1, 0.15) is 50.6 Å². The highest BCUT2D eigenvalue weighted by Gasteiger charge is 2.13. The van der Waals surface area contributed by atoms with Crippen molar-refractivity contribution < 1.29 is 9.53 Å². The van der Waals surface area contributed by atoms with Crippen LogP contribution in [0.2, 0.25) is 0 Å². The summed E-state index contributed by atoms with van der Waals surface area (Å²) in [5.41, 5.74) is 2.40. The van der Waals surface area contributed by atoms with Crippen LogP contribution in [0, 0.1) is 6.92 Å². The monoisotopic (exact) mass is 406 g/mol. The third-order valence-electron chi connectivity index (χ3n) is 4.91. The lowest BCUT2D eigenvalue weighted by atomic mass is 9.87. The molecule has 0 spiro atoms. The van der Waals surface area contributed by atoms with Crippen molar-refractivity contribution in [3.05, 3.63) is 71.9 Å². The fraction of sp³-hybridized carbons (Fsp3) is 0.375. The van der Waals surface area contributed by atoms with Gasteiger partial charge in [-0.05, 0) is 54.2 Å². The molecule has 1 aromatic carbocycles. The third-order valence-corrected chi connectivity index (χ3v) is 4.91. The second-order valence-electron chi connectivity index (χ2n) is 8.37. The van der Waals surface area contributed by atoms with Gasteiger partial charge in [-0.2, -0.15) is 0 Å². The topological polar surface area (TPSA) is 69.0 Å². The second-order valence-corrected chi connectivity index (χ2v) is 8.37. The Morgan fingerprint density at radius 1 is 1.10 bits per heavy atom. The summed E-state index contributed by atoms with van der Waals surface area (Å²) in [4.78, 5) is 20.7. The van der Waals surface area contributed by atoms with Crippen LogP contribution in [0.3, 0.4) is 0 Å². The average molecular weight is 407 g/mol. The number of aromatic nitrogens is 3. The number of hydrogen-bond acceptors (Lipinski definition) is 4. The van der Waals surface area contributed by atoms with Crippen LogP contribution >= 0.6 is 0 Å². The standard InChI is InChI=1S/C24H30N4O2/c1-18-25-13-14-28(18)22-16-19(11-12-26-22)17-27-23(29)6-5-15-30-21-9-7-20(8-10-21)24(2,3)4/h7-14,16H,5-6,15,17H2,1-4H3,(H,27,29). The van der Waals surface area contributed by atoms with Gasteiger partial charge in [-0.25, -0.2) is 9.97 Å². The summed E-state index contributed by atoms with van der Waals surface area (Å²) < 4.78 is 7.67. The summed E-state index contributed by atoms with van der Waals surface area (Å²) in [6.45, 7) is 9.48. The van der Waals surface area contributed by atoms with Crippen molar-refractivity contribution in [2.75, 3.05) is 6.61 Å². The Balaban J connectivity index is 1.40. The first kappa shape index (κ1) is 21.6. The number of hydrogen-bond donors (Lipinski definition) is 1. The molecular weight excluding hydrogens is 376 g/mol. The molecule has 0 saturated heterocycles. The van der Waals surface area contributed by atoms with Gasteiger partial charge < -0.3 is 10.1 Å². The Morgan fingerprint density at radius 3 is 2.53 bits per heavy atom. The molecule has 0 radical (unpaired) electrons. The predicted octanol–water partition coefficient (Wildman–Crippen LogP) is 4.35. The number of aryl methyl sites for hydroxylation is 1. The van der Waals surface area contributed by atoms with Gasteiger partial charge in [-0.3, -0.25) is 9.36 Å². The quantitative estimate of drug-likeness (QED) is 0.565. The lowest BCUT2D eigenvalue weighted by molar-refractivity contribution is -0.121. The molecule has 0 atom stereocenters. The van der Waals surface area contributed by atoms with Gasteiger partial charge in [-0.1, -0.05) is 32.9 Å². The number of carbonyl (C=O) groups excluding carboxylic acids is 1. The van der Waals surface area contributed by atoms with Gasteiger partial charge >= 0.3 is 0 Å². The highest BCUT2D eigenvalue weighted by molar-refractivity contribution is 5.75. The molecule has 0 bridgehead atoms. The first-order valence-corrected chi connectivity index (χ1v) is 10.3. The molecule has 1 N–H and O–H groups in total. The Labute approximate surface area is 178 Å². The molecule has 1 amide bonds. The summed E-state index contributed by atoms with van der Waals surface area (Å²) in [5, 5.41) is 2.96. The van der Waals surface area contributed by atoms with E-state index in [-0.39, 0.29) is 11.3 Å². The Bertz CT molecular complexity index is 971. The molecular formula is C24H30N4O2. The van der Waals surface area contributed by atoms with Crippen molar-refractivity contribution in [1.29, 1.82) is 0 Å². The van der Waals surface area contributed by atoms with Crippen molar-refractivity contribution >= 4 is 5.91 Å². The number of carbonyl (C=O) groups is 1. The van der Waals surface area contributed by atoms with Crippen molar-refractivity contribution in [2.24, 2.45) is 0 Å². The lowest BCUT2D eigenvalue weighted by Gasteiger charge is -2.19. The largest absolute Gasteiger partial charge is 0.494 e. The van der Waals surface area contributed by atoms with Crippen LogP contribution in [0.25, 0.3) is 5.82 Å². The van der Waals surface area contributed by atoms with E-state index in [4.69, 9.17) is 4.74 Å². The highest BCUT2D eigenvalue weighted by Crippen LogP contribution is 2.24. The van der Waals surface area contributed by atoms with E-state index in [1.54, 1.807) is 12.4 Å². The van der Waals surface area contributed by atoms with Gasteiger partial charge in [-0.15, -0.1) is 0 Å². The minimum absolute atomic E-state index is 0.0128. The van der Waals surface area contributed by atoms with Crippen LogP contribution in [0.5, 0.6) is 5.75 Å². The zero-order valence-electron chi connectivity index (χ0n) is 18.2. The van der Waals surface area contributed by atoms with E-state index in [0.29, 0.717) is 26.0 Å². The number of benzene rings is 1. The van der Waals surface area contributed by atoms with Gasteiger partial charge in [0.15, 0.2) is 0 Å². The average Bonchev–Trinajstić information content (AvgIpc) is 3.15. The van der Waals surface area contributed by atoms with E-state index in [2.05, 4.69) is 48.2 Å². The molecule has 3 rings (SSSR count). The van der Waals surface area contributed by atoms with Crippen LogP contribution in [0.4, 0.5) is 0 Å². The molecule has 0 saturated carbocycles. The summed E-state index contributed by atoms with van der Waals surface area (Å²) >= 11 is 0. The second kappa shape index (κ2) is 9.57. The fourth-order valence-corrected chi connectivity index (χ4v) is 3.09. The number of ether oxygens (including phenoxy) is 1. The zero-order chi connectivity index (χ0) is 21.6. The van der Waals surface area contributed by atoms with E-state index in [1.165, 1.54) is 5.56 Å². The van der Waals surface area contributed by atoms with Crippen molar-refractivity contribution in [3.8, 4) is 11.6 Å². The summed E-state index contributed by atoms with van der Waals surface area (Å²) in [5.74, 6) is 2.51. The molecule has 6 nitrogen and oxygen atoms in total. The smallest absolute Gasteiger partial charge is 0.220 e. The van der Waals surface area contributed by atoms with Crippen LogP contribution < -0.4 is 10.1 Å². The molecule has 0 aliphatic carbocycles. The molecule has 6 heteroatoms. The molecule has 0 aliphatic rings. The zero-order valence-corrected chi connectivity index (χ0v) is 18.2. The SMILES string of the molecule is Cc1nccn1-c1cc(CNC(=O)CCCOc2ccc(C(C)(C)C)cc2)ccn1. The van der Waals surface area contributed by atoms with Gasteiger partial charge in [0, 0.05) is 31.6 Å². The number of imidazole rings is 1. The summed E-state index contributed by atoms with van der Waals surface area (Å²) in [6, 6.07) is 12.0. The van der Waals surface area contributed by atoms with Gasteiger partial charge in [0.2, 0.25) is 5.91 Å². The van der Waals surface area contributed by atoms with Crippen LogP contribution in [0.15, 0.2) is 55.0 Å². The first-order chi connectivity index (χ1) is 14.3.